The summed E-state index contributed by atoms with van der Waals surface area (Å²) in [6, 6.07) is 14.2. The van der Waals surface area contributed by atoms with Crippen molar-refractivity contribution in [2.75, 3.05) is 18.0 Å². The third-order valence-corrected chi connectivity index (χ3v) is 5.33. The van der Waals surface area contributed by atoms with Gasteiger partial charge in [-0.3, -0.25) is 0 Å². The zero-order chi connectivity index (χ0) is 19.6. The molecule has 0 bridgehead atoms. The van der Waals surface area contributed by atoms with E-state index in [1.54, 1.807) is 6.20 Å². The van der Waals surface area contributed by atoms with Gasteiger partial charge in [-0.2, -0.15) is 4.98 Å². The zero-order valence-electron chi connectivity index (χ0n) is 16.2. The number of imidazole rings is 1. The van der Waals surface area contributed by atoms with Crippen LogP contribution in [0.5, 0.6) is 0 Å². The van der Waals surface area contributed by atoms with Crippen LogP contribution in [0, 0.1) is 6.92 Å². The molecule has 1 unspecified atom stereocenters. The van der Waals surface area contributed by atoms with Crippen molar-refractivity contribution in [3.63, 3.8) is 0 Å². The van der Waals surface area contributed by atoms with Crippen LogP contribution >= 0.6 is 0 Å². The first-order valence-electron chi connectivity index (χ1n) is 9.88. The van der Waals surface area contributed by atoms with Crippen LogP contribution < -0.4 is 4.90 Å². The molecule has 0 amide bonds. The minimum Gasteiger partial charge on any atom is -0.356 e. The molecule has 5 rings (SSSR count). The molecule has 0 radical (unpaired) electrons. The summed E-state index contributed by atoms with van der Waals surface area (Å²) in [4.78, 5) is 19.4. The normalized spacial score (nSPS) is 16.9. The number of nitrogens with one attached hydrogen (secondary N) is 1. The van der Waals surface area contributed by atoms with E-state index in [4.69, 9.17) is 4.52 Å². The van der Waals surface area contributed by atoms with E-state index < -0.39 is 0 Å². The summed E-state index contributed by atoms with van der Waals surface area (Å²) < 4.78 is 5.31. The van der Waals surface area contributed by atoms with Gasteiger partial charge in [-0.05, 0) is 37.5 Å². The van der Waals surface area contributed by atoms with Crippen LogP contribution in [0.4, 0.5) is 5.82 Å². The molecule has 7 heteroatoms. The van der Waals surface area contributed by atoms with E-state index >= 15 is 0 Å². The van der Waals surface area contributed by atoms with E-state index in [9.17, 15) is 0 Å². The van der Waals surface area contributed by atoms with E-state index in [0.29, 0.717) is 17.6 Å². The van der Waals surface area contributed by atoms with E-state index in [-0.39, 0.29) is 0 Å². The van der Waals surface area contributed by atoms with Crippen molar-refractivity contribution in [3.05, 3.63) is 66.5 Å². The fourth-order valence-corrected chi connectivity index (χ4v) is 3.86. The molecule has 0 saturated carbocycles. The maximum absolute atomic E-state index is 5.31. The Morgan fingerprint density at radius 3 is 2.83 bits per heavy atom. The summed E-state index contributed by atoms with van der Waals surface area (Å²) in [5.41, 5.74) is 3.11. The van der Waals surface area contributed by atoms with Gasteiger partial charge in [0.2, 0.25) is 0 Å². The van der Waals surface area contributed by atoms with Gasteiger partial charge in [-0.15, -0.1) is 0 Å². The summed E-state index contributed by atoms with van der Waals surface area (Å²) in [6.07, 6.45) is 5.94. The summed E-state index contributed by atoms with van der Waals surface area (Å²) in [6.45, 7) is 3.67. The van der Waals surface area contributed by atoms with E-state index in [1.807, 2.05) is 43.5 Å². The topological polar surface area (TPSA) is 83.7 Å². The number of nitrogens with zero attached hydrogens (tertiary/aromatic N) is 5. The maximum Gasteiger partial charge on any atom is 0.258 e. The Morgan fingerprint density at radius 2 is 2.00 bits per heavy atom. The summed E-state index contributed by atoms with van der Waals surface area (Å²) >= 11 is 0. The monoisotopic (exact) mass is 386 g/mol. The Hall–Kier alpha value is -3.48. The van der Waals surface area contributed by atoms with E-state index in [2.05, 4.69) is 42.1 Å². The second-order valence-corrected chi connectivity index (χ2v) is 7.38. The van der Waals surface area contributed by atoms with Gasteiger partial charge in [0.25, 0.3) is 5.89 Å². The first kappa shape index (κ1) is 17.6. The van der Waals surface area contributed by atoms with Crippen LogP contribution in [0.15, 0.2) is 59.4 Å². The number of anilines is 1. The number of aromatic amines is 1. The molecule has 0 aliphatic carbocycles. The third kappa shape index (κ3) is 3.63. The van der Waals surface area contributed by atoms with Crippen molar-refractivity contribution in [3.8, 4) is 22.7 Å². The summed E-state index contributed by atoms with van der Waals surface area (Å²) in [5.74, 6) is 3.47. The molecule has 0 spiro atoms. The fourth-order valence-electron chi connectivity index (χ4n) is 3.86. The van der Waals surface area contributed by atoms with Crippen molar-refractivity contribution < 1.29 is 4.52 Å². The van der Waals surface area contributed by atoms with Crippen LogP contribution in [-0.2, 0) is 0 Å². The second kappa shape index (κ2) is 7.50. The van der Waals surface area contributed by atoms with Crippen molar-refractivity contribution in [1.29, 1.82) is 0 Å². The Kier molecular flexibility index (Phi) is 4.56. The van der Waals surface area contributed by atoms with E-state index in [0.717, 1.165) is 54.4 Å². The van der Waals surface area contributed by atoms with Gasteiger partial charge >= 0.3 is 0 Å². The molecule has 1 saturated heterocycles. The van der Waals surface area contributed by atoms with Crippen LogP contribution in [0.2, 0.25) is 0 Å². The van der Waals surface area contributed by atoms with Gasteiger partial charge < -0.3 is 14.4 Å². The summed E-state index contributed by atoms with van der Waals surface area (Å²) in [5, 5.41) is 3.88. The highest BCUT2D eigenvalue weighted by Crippen LogP contribution is 2.30. The lowest BCUT2D eigenvalue weighted by atomic mass is 9.97. The highest BCUT2D eigenvalue weighted by atomic mass is 16.5. The minimum absolute atomic E-state index is 0.345. The van der Waals surface area contributed by atoms with Gasteiger partial charge in [-0.25, -0.2) is 9.97 Å². The largest absolute Gasteiger partial charge is 0.356 e. The van der Waals surface area contributed by atoms with Gasteiger partial charge in [0.15, 0.2) is 5.82 Å². The first-order chi connectivity index (χ1) is 14.3. The van der Waals surface area contributed by atoms with Crippen molar-refractivity contribution in [2.45, 2.75) is 25.7 Å². The standard InChI is InChI=1S/C22H22N6O/c1-15-25-22(29-27-15)17-9-10-23-20(12-17)28-11-5-8-18(14-28)21-24-13-19(26-21)16-6-3-2-4-7-16/h2-4,6-7,9-10,12-13,18H,5,8,11,14H2,1H3,(H,24,26). The molecule has 7 nitrogen and oxygen atoms in total. The van der Waals surface area contributed by atoms with E-state index in [1.165, 1.54) is 0 Å². The molecule has 1 N–H and O–H groups in total. The molecule has 146 valence electrons. The minimum atomic E-state index is 0.345. The lowest BCUT2D eigenvalue weighted by molar-refractivity contribution is 0.425. The number of aryl methyl sites for hydroxylation is 1. The Labute approximate surface area is 168 Å². The molecule has 1 fully saturated rings. The van der Waals surface area contributed by atoms with Crippen LogP contribution in [0.1, 0.15) is 30.4 Å². The Bertz CT molecular complexity index is 1100. The molecular formula is C22H22N6O. The number of H-pyrrole nitrogens is 1. The average Bonchev–Trinajstić information content (AvgIpc) is 3.44. The molecule has 1 atom stereocenters. The highest BCUT2D eigenvalue weighted by molar-refractivity contribution is 5.59. The van der Waals surface area contributed by atoms with Gasteiger partial charge in [0.1, 0.15) is 11.6 Å². The number of rotatable bonds is 4. The lowest BCUT2D eigenvalue weighted by Crippen LogP contribution is -2.35. The molecule has 3 aromatic heterocycles. The molecule has 29 heavy (non-hydrogen) atoms. The Morgan fingerprint density at radius 1 is 1.10 bits per heavy atom. The molecule has 1 aliphatic heterocycles. The summed E-state index contributed by atoms with van der Waals surface area (Å²) in [7, 11) is 0. The predicted octanol–water partition coefficient (Wildman–Crippen LogP) is 4.21. The molecule has 1 aliphatic rings. The van der Waals surface area contributed by atoms with Crippen LogP contribution in [0.25, 0.3) is 22.7 Å². The fraction of sp³-hybridized carbons (Fsp3) is 0.273. The number of pyridine rings is 1. The quantitative estimate of drug-likeness (QED) is 0.565. The lowest BCUT2D eigenvalue weighted by Gasteiger charge is -2.32. The molecular weight excluding hydrogens is 364 g/mol. The SMILES string of the molecule is Cc1noc(-c2ccnc(N3CCCC(c4ncc(-c5ccccc5)[nH]4)C3)c2)n1. The number of benzene rings is 1. The number of hydrogen-bond acceptors (Lipinski definition) is 6. The van der Waals surface area contributed by atoms with Crippen molar-refractivity contribution in [1.82, 2.24) is 25.1 Å². The third-order valence-electron chi connectivity index (χ3n) is 5.33. The number of piperidine rings is 1. The highest BCUT2D eigenvalue weighted by Gasteiger charge is 2.25. The van der Waals surface area contributed by atoms with Gasteiger partial charge in [-0.1, -0.05) is 35.5 Å². The Balaban J connectivity index is 1.36. The number of aromatic nitrogens is 5. The van der Waals surface area contributed by atoms with Crippen molar-refractivity contribution in [2.24, 2.45) is 0 Å². The van der Waals surface area contributed by atoms with Crippen LogP contribution in [-0.4, -0.2) is 38.2 Å². The first-order valence-corrected chi connectivity index (χ1v) is 9.88. The molecule has 1 aromatic carbocycles. The van der Waals surface area contributed by atoms with Crippen LogP contribution in [0.3, 0.4) is 0 Å². The molecule has 4 heterocycles. The average molecular weight is 386 g/mol. The second-order valence-electron chi connectivity index (χ2n) is 7.38. The maximum atomic E-state index is 5.31. The van der Waals surface area contributed by atoms with Crippen molar-refractivity contribution >= 4 is 5.82 Å². The van der Waals surface area contributed by atoms with Gasteiger partial charge in [0.05, 0.1) is 11.9 Å². The zero-order valence-corrected chi connectivity index (χ0v) is 16.2. The predicted molar refractivity (Wildman–Crippen MR) is 110 cm³/mol. The smallest absolute Gasteiger partial charge is 0.258 e. The van der Waals surface area contributed by atoms with Gasteiger partial charge in [0, 0.05) is 30.8 Å². The molecule has 4 aromatic rings. The number of hydrogen-bond donors (Lipinski definition) is 1.